The van der Waals surface area contributed by atoms with Gasteiger partial charge in [0.05, 0.1) is 4.88 Å². The first-order valence-electron chi connectivity index (χ1n) is 7.83. The predicted octanol–water partition coefficient (Wildman–Crippen LogP) is 2.62. The molecule has 1 aliphatic heterocycles. The molecule has 0 aliphatic carbocycles. The maximum Gasteiger partial charge on any atom is 0.264 e. The van der Waals surface area contributed by atoms with Gasteiger partial charge in [-0.3, -0.25) is 9.69 Å². The largest absolute Gasteiger partial charge is 0.348 e. The fourth-order valence-corrected chi connectivity index (χ4v) is 3.71. The lowest BCUT2D eigenvalue weighted by Crippen LogP contribution is -2.49. The van der Waals surface area contributed by atoms with Crippen molar-refractivity contribution in [3.63, 3.8) is 0 Å². The third-order valence-electron chi connectivity index (χ3n) is 4.45. The van der Waals surface area contributed by atoms with E-state index in [2.05, 4.69) is 35.4 Å². The average molecular weight is 317 g/mol. The lowest BCUT2D eigenvalue weighted by molar-refractivity contribution is 0.0638. The van der Waals surface area contributed by atoms with Gasteiger partial charge in [0.25, 0.3) is 5.91 Å². The molecule has 0 bridgehead atoms. The van der Waals surface area contributed by atoms with Gasteiger partial charge in [-0.1, -0.05) is 6.07 Å². The maximum absolute atomic E-state index is 12.3. The van der Waals surface area contributed by atoms with Gasteiger partial charge in [0.15, 0.2) is 0 Å². The molecule has 0 aromatic carbocycles. The quantitative estimate of drug-likeness (QED) is 0.867. The molecule has 2 aromatic heterocycles. The molecule has 1 amide bonds. The molecule has 0 unspecified atom stereocenters. The Morgan fingerprint density at radius 3 is 2.32 bits per heavy atom. The van der Waals surface area contributed by atoms with E-state index in [1.807, 2.05) is 22.4 Å². The zero-order chi connectivity index (χ0) is 15.5. The first-order valence-corrected chi connectivity index (χ1v) is 8.71. The summed E-state index contributed by atoms with van der Waals surface area (Å²) in [7, 11) is 0. The van der Waals surface area contributed by atoms with Crippen molar-refractivity contribution >= 4 is 17.2 Å². The second-order valence-electron chi connectivity index (χ2n) is 5.88. The van der Waals surface area contributed by atoms with Crippen molar-refractivity contribution in [2.45, 2.75) is 20.4 Å². The number of aryl methyl sites for hydroxylation is 2. The monoisotopic (exact) mass is 317 g/mol. The van der Waals surface area contributed by atoms with E-state index in [-0.39, 0.29) is 5.91 Å². The Balaban J connectivity index is 1.49. The van der Waals surface area contributed by atoms with E-state index in [0.29, 0.717) is 0 Å². The summed E-state index contributed by atoms with van der Waals surface area (Å²) in [5, 5.41) is 1.96. The fourth-order valence-electron chi connectivity index (χ4n) is 3.02. The molecule has 0 radical (unpaired) electrons. The van der Waals surface area contributed by atoms with Crippen LogP contribution in [0.25, 0.3) is 0 Å². The van der Waals surface area contributed by atoms with E-state index >= 15 is 0 Å². The Bertz CT molecular complexity index is 605. The summed E-state index contributed by atoms with van der Waals surface area (Å²) in [6, 6.07) is 8.20. The zero-order valence-corrected chi connectivity index (χ0v) is 14.1. The van der Waals surface area contributed by atoms with E-state index in [4.69, 9.17) is 0 Å². The molecule has 4 nitrogen and oxygen atoms in total. The number of piperazine rings is 1. The van der Waals surface area contributed by atoms with Crippen LogP contribution in [0.1, 0.15) is 21.1 Å². The first kappa shape index (κ1) is 15.3. The van der Waals surface area contributed by atoms with Crippen molar-refractivity contribution in [2.75, 3.05) is 32.7 Å². The minimum Gasteiger partial charge on any atom is -0.348 e. The molecule has 118 valence electrons. The van der Waals surface area contributed by atoms with Crippen LogP contribution < -0.4 is 0 Å². The first-order chi connectivity index (χ1) is 10.6. The van der Waals surface area contributed by atoms with Crippen LogP contribution in [0, 0.1) is 13.8 Å². The van der Waals surface area contributed by atoms with E-state index < -0.39 is 0 Å². The van der Waals surface area contributed by atoms with Gasteiger partial charge in [-0.2, -0.15) is 0 Å². The summed E-state index contributed by atoms with van der Waals surface area (Å²) in [5.74, 6) is 0.187. The van der Waals surface area contributed by atoms with Crippen molar-refractivity contribution in [1.82, 2.24) is 14.4 Å². The molecule has 1 aliphatic rings. The molecule has 5 heteroatoms. The van der Waals surface area contributed by atoms with E-state index in [1.54, 1.807) is 0 Å². The third kappa shape index (κ3) is 3.25. The van der Waals surface area contributed by atoms with Gasteiger partial charge < -0.3 is 9.47 Å². The fraction of sp³-hybridized carbons (Fsp3) is 0.471. The molecule has 3 heterocycles. The lowest BCUT2D eigenvalue weighted by atomic mass is 10.3. The van der Waals surface area contributed by atoms with Crippen LogP contribution >= 0.6 is 11.3 Å². The molecule has 2 aromatic rings. The van der Waals surface area contributed by atoms with Gasteiger partial charge in [-0.15, -0.1) is 11.3 Å². The highest BCUT2D eigenvalue weighted by molar-refractivity contribution is 7.12. The zero-order valence-electron chi connectivity index (χ0n) is 13.3. The Morgan fingerprint density at radius 2 is 1.73 bits per heavy atom. The highest BCUT2D eigenvalue weighted by Crippen LogP contribution is 2.14. The standard InChI is InChI=1S/C17H23N3OS/c1-14-5-6-15(2)20(14)12-9-18-7-10-19(11-8-18)17(21)16-4-3-13-22-16/h3-6,13H,7-12H2,1-2H3. The summed E-state index contributed by atoms with van der Waals surface area (Å²) in [4.78, 5) is 17.6. The molecule has 22 heavy (non-hydrogen) atoms. The van der Waals surface area contributed by atoms with Crippen LogP contribution in [0.3, 0.4) is 0 Å². The van der Waals surface area contributed by atoms with Gasteiger partial charge in [0.1, 0.15) is 0 Å². The van der Waals surface area contributed by atoms with Crippen LogP contribution in [-0.4, -0.2) is 53.0 Å². The van der Waals surface area contributed by atoms with Crippen LogP contribution in [0.4, 0.5) is 0 Å². The molecular formula is C17H23N3OS. The summed E-state index contributed by atoms with van der Waals surface area (Å²) in [6.07, 6.45) is 0. The summed E-state index contributed by atoms with van der Waals surface area (Å²) >= 11 is 1.53. The van der Waals surface area contributed by atoms with Gasteiger partial charge in [0, 0.05) is 50.7 Å². The van der Waals surface area contributed by atoms with Gasteiger partial charge >= 0.3 is 0 Å². The number of carbonyl (C=O) groups is 1. The van der Waals surface area contributed by atoms with Crippen LogP contribution in [0.2, 0.25) is 0 Å². The van der Waals surface area contributed by atoms with Gasteiger partial charge in [0.2, 0.25) is 0 Å². The maximum atomic E-state index is 12.3. The van der Waals surface area contributed by atoms with Crippen LogP contribution in [0.15, 0.2) is 29.6 Å². The number of amides is 1. The molecule has 0 saturated carbocycles. The number of nitrogens with zero attached hydrogens (tertiary/aromatic N) is 3. The summed E-state index contributed by atoms with van der Waals surface area (Å²) < 4.78 is 2.36. The van der Waals surface area contributed by atoms with Gasteiger partial charge in [-0.05, 0) is 37.4 Å². The number of hydrogen-bond donors (Lipinski definition) is 0. The third-order valence-corrected chi connectivity index (χ3v) is 5.31. The van der Waals surface area contributed by atoms with Crippen molar-refractivity contribution in [3.05, 3.63) is 45.9 Å². The number of aromatic nitrogens is 1. The Kier molecular flexibility index (Phi) is 4.64. The van der Waals surface area contributed by atoms with Gasteiger partial charge in [-0.25, -0.2) is 0 Å². The lowest BCUT2D eigenvalue weighted by Gasteiger charge is -2.34. The molecular weight excluding hydrogens is 294 g/mol. The topological polar surface area (TPSA) is 28.5 Å². The highest BCUT2D eigenvalue weighted by Gasteiger charge is 2.22. The Morgan fingerprint density at radius 1 is 1.05 bits per heavy atom. The van der Waals surface area contributed by atoms with Crippen molar-refractivity contribution < 1.29 is 4.79 Å². The van der Waals surface area contributed by atoms with E-state index in [9.17, 15) is 4.79 Å². The summed E-state index contributed by atoms with van der Waals surface area (Å²) in [5.41, 5.74) is 2.65. The van der Waals surface area contributed by atoms with Crippen molar-refractivity contribution in [1.29, 1.82) is 0 Å². The molecule has 0 N–H and O–H groups in total. The van der Waals surface area contributed by atoms with E-state index in [1.165, 1.54) is 22.7 Å². The van der Waals surface area contributed by atoms with Crippen molar-refractivity contribution in [3.8, 4) is 0 Å². The molecule has 0 spiro atoms. The minimum atomic E-state index is 0.187. The smallest absolute Gasteiger partial charge is 0.264 e. The molecule has 0 atom stereocenters. The molecule has 1 saturated heterocycles. The number of thiophene rings is 1. The van der Waals surface area contributed by atoms with E-state index in [0.717, 1.165) is 44.1 Å². The van der Waals surface area contributed by atoms with Crippen molar-refractivity contribution in [2.24, 2.45) is 0 Å². The number of hydrogen-bond acceptors (Lipinski definition) is 3. The average Bonchev–Trinajstić information content (AvgIpc) is 3.17. The van der Waals surface area contributed by atoms with Crippen LogP contribution in [-0.2, 0) is 6.54 Å². The van der Waals surface area contributed by atoms with Crippen LogP contribution in [0.5, 0.6) is 0 Å². The number of rotatable bonds is 4. The SMILES string of the molecule is Cc1ccc(C)n1CCN1CCN(C(=O)c2cccs2)CC1. The number of carbonyl (C=O) groups excluding carboxylic acids is 1. The second kappa shape index (κ2) is 6.67. The normalized spacial score (nSPS) is 16.2. The second-order valence-corrected chi connectivity index (χ2v) is 6.83. The minimum absolute atomic E-state index is 0.187. The summed E-state index contributed by atoms with van der Waals surface area (Å²) in [6.45, 7) is 10.0. The highest BCUT2D eigenvalue weighted by atomic mass is 32.1. The Hall–Kier alpha value is -1.59. The molecule has 1 fully saturated rings. The molecule has 3 rings (SSSR count). The Labute approximate surface area is 136 Å². The predicted molar refractivity (Wildman–Crippen MR) is 90.6 cm³/mol.